The third kappa shape index (κ3) is 2.10. The Morgan fingerprint density at radius 2 is 1.67 bits per heavy atom. The average molecular weight is 196 g/mol. The Hall–Kier alpha value is -1.56. The Balaban J connectivity index is 2.52. The summed E-state index contributed by atoms with van der Waals surface area (Å²) in [6.45, 7) is 4.36. The van der Waals surface area contributed by atoms with Gasteiger partial charge in [0.15, 0.2) is 0 Å². The SMILES string of the molecule is CCc1ccc(C)c(-c2ccccc2)c1. The van der Waals surface area contributed by atoms with E-state index in [2.05, 4.69) is 62.4 Å². The molecule has 0 spiro atoms. The molecular weight excluding hydrogens is 180 g/mol. The zero-order valence-electron chi connectivity index (χ0n) is 9.33. The standard InChI is InChI=1S/C15H16/c1-3-13-10-9-12(2)15(11-13)14-7-5-4-6-8-14/h4-11H,3H2,1-2H3. The van der Waals surface area contributed by atoms with Gasteiger partial charge in [0.25, 0.3) is 0 Å². The second-order valence-corrected chi connectivity index (χ2v) is 3.87. The lowest BCUT2D eigenvalue weighted by molar-refractivity contribution is 1.14. The molecule has 0 heteroatoms. The fourth-order valence-electron chi connectivity index (χ4n) is 1.82. The molecule has 0 aliphatic heterocycles. The third-order valence-electron chi connectivity index (χ3n) is 2.80. The summed E-state index contributed by atoms with van der Waals surface area (Å²) in [7, 11) is 0. The first kappa shape index (κ1) is 9.97. The van der Waals surface area contributed by atoms with Crippen LogP contribution in [0.15, 0.2) is 48.5 Å². The zero-order chi connectivity index (χ0) is 10.7. The van der Waals surface area contributed by atoms with Crippen LogP contribution in [0.2, 0.25) is 0 Å². The van der Waals surface area contributed by atoms with Crippen molar-refractivity contribution >= 4 is 0 Å². The van der Waals surface area contributed by atoms with E-state index in [0.29, 0.717) is 0 Å². The maximum absolute atomic E-state index is 2.30. The largest absolute Gasteiger partial charge is 0.0622 e. The van der Waals surface area contributed by atoms with Crippen molar-refractivity contribution in [3.05, 3.63) is 59.7 Å². The highest BCUT2D eigenvalue weighted by molar-refractivity contribution is 5.67. The summed E-state index contributed by atoms with van der Waals surface area (Å²) in [5.41, 5.74) is 5.41. The van der Waals surface area contributed by atoms with Crippen LogP contribution in [-0.4, -0.2) is 0 Å². The van der Waals surface area contributed by atoms with Crippen molar-refractivity contribution in [1.82, 2.24) is 0 Å². The normalized spacial score (nSPS) is 10.3. The van der Waals surface area contributed by atoms with E-state index < -0.39 is 0 Å². The number of hydrogen-bond donors (Lipinski definition) is 0. The minimum atomic E-state index is 1.10. The topological polar surface area (TPSA) is 0 Å². The van der Waals surface area contributed by atoms with Crippen LogP contribution in [0, 0.1) is 6.92 Å². The number of rotatable bonds is 2. The second kappa shape index (κ2) is 4.31. The lowest BCUT2D eigenvalue weighted by Gasteiger charge is -2.08. The highest BCUT2D eigenvalue weighted by Gasteiger charge is 2.01. The Bertz CT molecular complexity index is 441. The summed E-state index contributed by atoms with van der Waals surface area (Å²) in [4.78, 5) is 0. The summed E-state index contributed by atoms with van der Waals surface area (Å²) < 4.78 is 0. The molecule has 0 radical (unpaired) electrons. The Labute approximate surface area is 91.6 Å². The Morgan fingerprint density at radius 3 is 2.33 bits per heavy atom. The van der Waals surface area contributed by atoms with Crippen molar-refractivity contribution in [2.45, 2.75) is 20.3 Å². The van der Waals surface area contributed by atoms with Crippen LogP contribution in [0.4, 0.5) is 0 Å². The first-order valence-corrected chi connectivity index (χ1v) is 5.46. The lowest BCUT2D eigenvalue weighted by Crippen LogP contribution is -1.86. The van der Waals surface area contributed by atoms with Gasteiger partial charge in [-0.05, 0) is 35.6 Å². The molecule has 0 aromatic heterocycles. The summed E-state index contributed by atoms with van der Waals surface area (Å²) in [5.74, 6) is 0. The molecule has 15 heavy (non-hydrogen) atoms. The molecule has 0 unspecified atom stereocenters. The predicted octanol–water partition coefficient (Wildman–Crippen LogP) is 4.22. The number of hydrogen-bond acceptors (Lipinski definition) is 0. The molecule has 0 bridgehead atoms. The number of benzene rings is 2. The quantitative estimate of drug-likeness (QED) is 0.674. The van der Waals surface area contributed by atoms with Gasteiger partial charge in [-0.3, -0.25) is 0 Å². The highest BCUT2D eigenvalue weighted by atomic mass is 14.1. The summed E-state index contributed by atoms with van der Waals surface area (Å²) in [6.07, 6.45) is 1.10. The van der Waals surface area contributed by atoms with Crippen molar-refractivity contribution in [2.75, 3.05) is 0 Å². The zero-order valence-corrected chi connectivity index (χ0v) is 9.33. The first-order valence-electron chi connectivity index (χ1n) is 5.46. The van der Waals surface area contributed by atoms with E-state index in [1.165, 1.54) is 22.3 Å². The van der Waals surface area contributed by atoms with Gasteiger partial charge >= 0.3 is 0 Å². The first-order chi connectivity index (χ1) is 7.31. The average Bonchev–Trinajstić information content (AvgIpc) is 2.31. The van der Waals surface area contributed by atoms with Crippen LogP contribution in [0.25, 0.3) is 11.1 Å². The van der Waals surface area contributed by atoms with E-state index in [1.54, 1.807) is 0 Å². The number of aryl methyl sites for hydroxylation is 2. The molecular formula is C15H16. The molecule has 0 heterocycles. The Morgan fingerprint density at radius 1 is 0.933 bits per heavy atom. The summed E-state index contributed by atoms with van der Waals surface area (Å²) >= 11 is 0. The lowest BCUT2D eigenvalue weighted by atomic mass is 9.97. The molecule has 2 aromatic carbocycles. The van der Waals surface area contributed by atoms with E-state index in [1.807, 2.05) is 0 Å². The fraction of sp³-hybridized carbons (Fsp3) is 0.200. The van der Waals surface area contributed by atoms with Crippen molar-refractivity contribution < 1.29 is 0 Å². The van der Waals surface area contributed by atoms with Crippen LogP contribution in [0.1, 0.15) is 18.1 Å². The van der Waals surface area contributed by atoms with Crippen LogP contribution >= 0.6 is 0 Å². The van der Waals surface area contributed by atoms with Crippen LogP contribution in [-0.2, 0) is 6.42 Å². The summed E-state index contributed by atoms with van der Waals surface area (Å²) in [5, 5.41) is 0. The van der Waals surface area contributed by atoms with Gasteiger partial charge in [-0.25, -0.2) is 0 Å². The molecule has 0 aliphatic rings. The van der Waals surface area contributed by atoms with Gasteiger partial charge in [-0.15, -0.1) is 0 Å². The smallest absolute Gasteiger partial charge is 0.0152 e. The van der Waals surface area contributed by atoms with Crippen molar-refractivity contribution in [2.24, 2.45) is 0 Å². The molecule has 0 nitrogen and oxygen atoms in total. The fourth-order valence-corrected chi connectivity index (χ4v) is 1.82. The second-order valence-electron chi connectivity index (χ2n) is 3.87. The Kier molecular flexibility index (Phi) is 2.86. The highest BCUT2D eigenvalue weighted by Crippen LogP contribution is 2.24. The molecule has 0 saturated carbocycles. The molecule has 2 aromatic rings. The van der Waals surface area contributed by atoms with Gasteiger partial charge in [0.05, 0.1) is 0 Å². The third-order valence-corrected chi connectivity index (χ3v) is 2.80. The molecule has 0 fully saturated rings. The van der Waals surface area contributed by atoms with Crippen molar-refractivity contribution in [1.29, 1.82) is 0 Å². The van der Waals surface area contributed by atoms with Crippen LogP contribution in [0.3, 0.4) is 0 Å². The molecule has 0 amide bonds. The van der Waals surface area contributed by atoms with Crippen LogP contribution in [0.5, 0.6) is 0 Å². The van der Waals surface area contributed by atoms with Gasteiger partial charge in [-0.1, -0.05) is 55.5 Å². The predicted molar refractivity (Wildman–Crippen MR) is 66.0 cm³/mol. The molecule has 76 valence electrons. The van der Waals surface area contributed by atoms with Gasteiger partial charge < -0.3 is 0 Å². The van der Waals surface area contributed by atoms with Crippen LogP contribution < -0.4 is 0 Å². The maximum Gasteiger partial charge on any atom is -0.0152 e. The van der Waals surface area contributed by atoms with Gasteiger partial charge in [0.1, 0.15) is 0 Å². The minimum Gasteiger partial charge on any atom is -0.0622 e. The molecule has 0 saturated heterocycles. The minimum absolute atomic E-state index is 1.10. The van der Waals surface area contributed by atoms with Gasteiger partial charge in [0.2, 0.25) is 0 Å². The van der Waals surface area contributed by atoms with Gasteiger partial charge in [-0.2, -0.15) is 0 Å². The van der Waals surface area contributed by atoms with E-state index >= 15 is 0 Å². The van der Waals surface area contributed by atoms with E-state index in [0.717, 1.165) is 6.42 Å². The monoisotopic (exact) mass is 196 g/mol. The van der Waals surface area contributed by atoms with Crippen molar-refractivity contribution in [3.63, 3.8) is 0 Å². The molecule has 0 N–H and O–H groups in total. The molecule has 0 aliphatic carbocycles. The maximum atomic E-state index is 2.30. The molecule has 2 rings (SSSR count). The van der Waals surface area contributed by atoms with E-state index in [9.17, 15) is 0 Å². The van der Waals surface area contributed by atoms with Gasteiger partial charge in [0, 0.05) is 0 Å². The van der Waals surface area contributed by atoms with E-state index in [4.69, 9.17) is 0 Å². The van der Waals surface area contributed by atoms with Crippen molar-refractivity contribution in [3.8, 4) is 11.1 Å². The summed E-state index contributed by atoms with van der Waals surface area (Å²) in [6, 6.07) is 17.3. The van der Waals surface area contributed by atoms with E-state index in [-0.39, 0.29) is 0 Å². The molecule has 0 atom stereocenters.